The molecule has 0 aromatic heterocycles. The second-order valence-corrected chi connectivity index (χ2v) is 18.8. The van der Waals surface area contributed by atoms with Gasteiger partial charge in [-0.1, -0.05) is 175 Å². The van der Waals surface area contributed by atoms with E-state index in [0.29, 0.717) is 0 Å². The average Bonchev–Trinajstić information content (AvgIpc) is 3.95. The largest absolute Gasteiger partial charge is 3.00 e. The number of aryl methyl sites for hydroxylation is 2. The maximum Gasteiger partial charge on any atom is 3.00 e. The minimum Gasteiger partial charge on any atom is -0.184 e. The van der Waals surface area contributed by atoms with Crippen molar-refractivity contribution in [2.45, 2.75) is 91.9 Å². The zero-order valence-electron chi connectivity index (χ0n) is 35.8. The summed E-state index contributed by atoms with van der Waals surface area (Å²) >= 11 is 0. The summed E-state index contributed by atoms with van der Waals surface area (Å²) in [5, 5.41) is 8.30. The van der Waals surface area contributed by atoms with Gasteiger partial charge in [0, 0.05) is 0 Å². The Labute approximate surface area is 370 Å². The molecule has 0 amide bonds. The van der Waals surface area contributed by atoms with E-state index < -0.39 is 0 Å². The van der Waals surface area contributed by atoms with Crippen LogP contribution in [0.25, 0.3) is 54.9 Å². The molecule has 0 N–H and O–H groups in total. The molecule has 9 rings (SSSR count). The van der Waals surface area contributed by atoms with Crippen LogP contribution < -0.4 is 10.4 Å². The van der Waals surface area contributed by atoms with Crippen LogP contribution in [0, 0.1) is 6.07 Å². The first kappa shape index (κ1) is 43.2. The molecular formula is C56H57SiZr. The Morgan fingerprint density at radius 2 is 0.914 bits per heavy atom. The Balaban J connectivity index is 0.000000150. The van der Waals surface area contributed by atoms with Gasteiger partial charge in [-0.15, -0.1) is 74.6 Å². The summed E-state index contributed by atoms with van der Waals surface area (Å²) in [5.74, 6) is 0. The van der Waals surface area contributed by atoms with Crippen molar-refractivity contribution in [3.63, 3.8) is 0 Å². The van der Waals surface area contributed by atoms with Crippen molar-refractivity contribution in [2.75, 3.05) is 0 Å². The molecule has 0 spiro atoms. The number of hydrogen-bond acceptors (Lipinski definition) is 0. The van der Waals surface area contributed by atoms with Crippen LogP contribution in [-0.4, -0.2) is 9.52 Å². The van der Waals surface area contributed by atoms with Gasteiger partial charge in [-0.25, -0.2) is 0 Å². The van der Waals surface area contributed by atoms with Gasteiger partial charge < -0.3 is 0 Å². The Morgan fingerprint density at radius 3 is 1.40 bits per heavy atom. The Kier molecular flexibility index (Phi) is 13.9. The normalized spacial score (nSPS) is 11.9. The van der Waals surface area contributed by atoms with Crippen molar-refractivity contribution < 1.29 is 26.2 Å². The van der Waals surface area contributed by atoms with Crippen LogP contribution >= 0.6 is 0 Å². The van der Waals surface area contributed by atoms with Gasteiger partial charge in [-0.05, 0) is 45.9 Å². The first-order valence-corrected chi connectivity index (χ1v) is 21.9. The van der Waals surface area contributed by atoms with Crippen molar-refractivity contribution in [3.8, 4) is 33.4 Å². The zero-order chi connectivity index (χ0) is 40.2. The first-order chi connectivity index (χ1) is 27.5. The van der Waals surface area contributed by atoms with Crippen molar-refractivity contribution in [1.29, 1.82) is 0 Å². The maximum absolute atomic E-state index is 3.31. The van der Waals surface area contributed by atoms with Gasteiger partial charge in [0.1, 0.15) is 0 Å². The van der Waals surface area contributed by atoms with E-state index in [9.17, 15) is 0 Å². The summed E-state index contributed by atoms with van der Waals surface area (Å²) in [6, 6.07) is 58.7. The van der Waals surface area contributed by atoms with Crippen LogP contribution in [0.3, 0.4) is 0 Å². The predicted molar refractivity (Wildman–Crippen MR) is 251 cm³/mol. The molecule has 1 aliphatic rings. The second-order valence-electron chi connectivity index (χ2n) is 17.5. The van der Waals surface area contributed by atoms with Crippen molar-refractivity contribution in [2.24, 2.45) is 0 Å². The van der Waals surface area contributed by atoms with Crippen LogP contribution in [0.15, 0.2) is 152 Å². The number of benzene rings is 6. The van der Waals surface area contributed by atoms with Gasteiger partial charge >= 0.3 is 26.2 Å². The molecule has 0 atom stereocenters. The van der Waals surface area contributed by atoms with E-state index in [-0.39, 0.29) is 37.0 Å². The maximum atomic E-state index is 3.31. The van der Waals surface area contributed by atoms with E-state index >= 15 is 0 Å². The third-order valence-electron chi connectivity index (χ3n) is 11.2. The SMILES string of the molecule is CCCc1ccccc1-c1cccc2[cH-]c(C(C)(C)C)cc12.CCCc1ccccc1-c1cccc2[cH-]c(C(C)(C)C)cc12.[Zr+3].[c-]1cccc2c1[Si]c1ccccc1-2. The third-order valence-corrected chi connectivity index (χ3v) is 12.6. The Hall–Kier alpha value is -4.36. The summed E-state index contributed by atoms with van der Waals surface area (Å²) in [4.78, 5) is 0. The average molecular weight is 849 g/mol. The summed E-state index contributed by atoms with van der Waals surface area (Å²) in [6.45, 7) is 18.2. The molecule has 2 heteroatoms. The molecule has 289 valence electrons. The van der Waals surface area contributed by atoms with Gasteiger partial charge in [-0.2, -0.15) is 41.6 Å². The number of rotatable bonds is 6. The summed E-state index contributed by atoms with van der Waals surface area (Å²) in [6.07, 6.45) is 4.64. The molecule has 8 aromatic carbocycles. The van der Waals surface area contributed by atoms with Crippen LogP contribution in [-0.2, 0) is 49.9 Å². The topological polar surface area (TPSA) is 0 Å². The van der Waals surface area contributed by atoms with Crippen LogP contribution in [0.5, 0.6) is 0 Å². The van der Waals surface area contributed by atoms with Crippen LogP contribution in [0.1, 0.15) is 90.5 Å². The second kappa shape index (κ2) is 18.7. The molecule has 1 aliphatic heterocycles. The van der Waals surface area contributed by atoms with E-state index in [2.05, 4.69) is 207 Å². The van der Waals surface area contributed by atoms with Gasteiger partial charge in [0.25, 0.3) is 0 Å². The molecule has 0 fully saturated rings. The van der Waals surface area contributed by atoms with E-state index in [1.54, 1.807) is 0 Å². The van der Waals surface area contributed by atoms with Gasteiger partial charge in [-0.3, -0.25) is 0 Å². The molecule has 58 heavy (non-hydrogen) atoms. The van der Waals surface area contributed by atoms with Crippen LogP contribution in [0.4, 0.5) is 0 Å². The fraction of sp³-hybridized carbons (Fsp3) is 0.250. The van der Waals surface area contributed by atoms with E-state index in [1.807, 2.05) is 6.07 Å². The van der Waals surface area contributed by atoms with Crippen LogP contribution in [0.2, 0.25) is 0 Å². The minimum atomic E-state index is 0. The number of fused-ring (bicyclic) bond motifs is 5. The molecule has 8 aromatic rings. The molecule has 0 aliphatic carbocycles. The van der Waals surface area contributed by atoms with Gasteiger partial charge in [0.2, 0.25) is 0 Å². The van der Waals surface area contributed by atoms with Crippen molar-refractivity contribution in [3.05, 3.63) is 180 Å². The fourth-order valence-corrected chi connectivity index (χ4v) is 9.38. The van der Waals surface area contributed by atoms with E-state index in [0.717, 1.165) is 22.4 Å². The Bertz CT molecular complexity index is 2420. The summed E-state index contributed by atoms with van der Waals surface area (Å²) in [5.41, 5.74) is 14.4. The standard InChI is InChI=1S/2C22H25.C12H7Si.Zr/c2*1-5-9-16-10-6-7-12-19(16)20-13-8-11-17-14-18(15-21(17)20)22(2,3)4;1-3-7-11-9(5-1)10-6-2-4-8-12(10)13-11;/h2*6-8,10-15H,5,9H2,1-4H3;1-7H;/q3*-1;+3. The molecular weight excluding hydrogens is 792 g/mol. The molecule has 1 heterocycles. The number of hydrogen-bond donors (Lipinski definition) is 0. The van der Waals surface area contributed by atoms with Crippen molar-refractivity contribution in [1.82, 2.24) is 0 Å². The third kappa shape index (κ3) is 9.57. The summed E-state index contributed by atoms with van der Waals surface area (Å²) in [7, 11) is 0.795. The molecule has 0 bridgehead atoms. The fourth-order valence-electron chi connectivity index (χ4n) is 8.07. The zero-order valence-corrected chi connectivity index (χ0v) is 39.2. The molecule has 0 saturated carbocycles. The summed E-state index contributed by atoms with van der Waals surface area (Å²) < 4.78 is 0. The first-order valence-electron chi connectivity index (χ1n) is 20.9. The Morgan fingerprint density at radius 1 is 0.483 bits per heavy atom. The molecule has 0 nitrogen and oxygen atoms in total. The van der Waals surface area contributed by atoms with E-state index in [4.69, 9.17) is 0 Å². The monoisotopic (exact) mass is 847 g/mol. The van der Waals surface area contributed by atoms with E-state index in [1.165, 1.54) is 100 Å². The van der Waals surface area contributed by atoms with Gasteiger partial charge in [0.15, 0.2) is 0 Å². The molecule has 3 radical (unpaired) electrons. The smallest absolute Gasteiger partial charge is 0.184 e. The molecule has 0 saturated heterocycles. The predicted octanol–water partition coefficient (Wildman–Crippen LogP) is 14.1. The quantitative estimate of drug-likeness (QED) is 0.116. The van der Waals surface area contributed by atoms with Gasteiger partial charge in [0.05, 0.1) is 9.52 Å². The molecule has 0 unspecified atom stereocenters. The minimum absolute atomic E-state index is 0. The van der Waals surface area contributed by atoms with Crippen molar-refractivity contribution >= 4 is 41.4 Å².